The van der Waals surface area contributed by atoms with Crippen molar-refractivity contribution in [1.82, 2.24) is 0 Å². The van der Waals surface area contributed by atoms with Crippen LogP contribution in [0.2, 0.25) is 5.02 Å². The minimum Gasteiger partial charge on any atom is -0.460 e. The van der Waals surface area contributed by atoms with Gasteiger partial charge < -0.3 is 14.6 Å². The number of aliphatic hydroxyl groups is 1. The van der Waals surface area contributed by atoms with Crippen LogP contribution in [-0.2, 0) is 19.1 Å². The fourth-order valence-electron chi connectivity index (χ4n) is 4.15. The lowest BCUT2D eigenvalue weighted by Gasteiger charge is -2.19. The van der Waals surface area contributed by atoms with Crippen molar-refractivity contribution >= 4 is 29.6 Å². The van der Waals surface area contributed by atoms with Gasteiger partial charge in [-0.15, -0.1) is 0 Å². The number of benzene rings is 1. The summed E-state index contributed by atoms with van der Waals surface area (Å²) in [6.45, 7) is 1.88. The van der Waals surface area contributed by atoms with Crippen molar-refractivity contribution in [3.8, 4) is 0 Å². The zero-order valence-electron chi connectivity index (χ0n) is 17.7. The van der Waals surface area contributed by atoms with Gasteiger partial charge in [-0.2, -0.15) is 0 Å². The first kappa shape index (κ1) is 23.3. The van der Waals surface area contributed by atoms with E-state index in [0.29, 0.717) is 17.9 Å². The molecule has 1 heterocycles. The maximum Gasteiger partial charge on any atom is 0.331 e. The van der Waals surface area contributed by atoms with Gasteiger partial charge in [0.15, 0.2) is 0 Å². The van der Waals surface area contributed by atoms with Crippen LogP contribution in [0.25, 0.3) is 6.08 Å². The van der Waals surface area contributed by atoms with Gasteiger partial charge >= 0.3 is 11.9 Å². The van der Waals surface area contributed by atoms with Gasteiger partial charge in [-0.25, -0.2) is 9.59 Å². The molecule has 1 aliphatic carbocycles. The van der Waals surface area contributed by atoms with Crippen molar-refractivity contribution in [3.63, 3.8) is 0 Å². The molecule has 166 valence electrons. The molecule has 0 radical (unpaired) electrons. The molecule has 1 aromatic carbocycles. The lowest BCUT2D eigenvalue weighted by atomic mass is 9.90. The van der Waals surface area contributed by atoms with Gasteiger partial charge in [0.05, 0.1) is 12.2 Å². The van der Waals surface area contributed by atoms with Crippen LogP contribution in [0.3, 0.4) is 0 Å². The summed E-state index contributed by atoms with van der Waals surface area (Å²) < 4.78 is 11.0. The van der Waals surface area contributed by atoms with Crippen LogP contribution < -0.4 is 0 Å². The second-order valence-electron chi connectivity index (χ2n) is 8.20. The molecule has 0 bridgehead atoms. The number of hydrogen-bond donors (Lipinski definition) is 1. The molecule has 3 rings (SSSR count). The maximum absolute atomic E-state index is 12.3. The van der Waals surface area contributed by atoms with Crippen LogP contribution in [0, 0.1) is 11.8 Å². The van der Waals surface area contributed by atoms with E-state index in [1.165, 1.54) is 18.2 Å². The molecular formula is C25H29ClO5. The fraction of sp³-hybridized carbons (Fsp3) is 0.440. The number of fused-ring (bicyclic) bond motifs is 1. The second kappa shape index (κ2) is 11.3. The van der Waals surface area contributed by atoms with Gasteiger partial charge in [-0.1, -0.05) is 35.9 Å². The van der Waals surface area contributed by atoms with Crippen LogP contribution >= 0.6 is 11.6 Å². The first-order valence-corrected chi connectivity index (χ1v) is 11.2. The number of carbonyl (C=O) groups is 2. The first-order valence-electron chi connectivity index (χ1n) is 10.8. The third kappa shape index (κ3) is 7.37. The minimum atomic E-state index is -0.816. The van der Waals surface area contributed by atoms with Crippen molar-refractivity contribution in [1.29, 1.82) is 0 Å². The van der Waals surface area contributed by atoms with Crippen molar-refractivity contribution in [2.45, 2.75) is 57.3 Å². The molecule has 5 atom stereocenters. The summed E-state index contributed by atoms with van der Waals surface area (Å²) in [6.07, 6.45) is 12.6. The van der Waals surface area contributed by atoms with Crippen molar-refractivity contribution in [3.05, 3.63) is 65.2 Å². The summed E-state index contributed by atoms with van der Waals surface area (Å²) in [5.41, 5.74) is 0.817. The van der Waals surface area contributed by atoms with E-state index in [1.54, 1.807) is 18.2 Å². The molecule has 1 aliphatic heterocycles. The van der Waals surface area contributed by atoms with Gasteiger partial charge in [0.1, 0.15) is 6.10 Å². The Morgan fingerprint density at radius 3 is 2.94 bits per heavy atom. The number of halogens is 1. The Labute approximate surface area is 188 Å². The van der Waals surface area contributed by atoms with Gasteiger partial charge in [-0.3, -0.25) is 0 Å². The normalized spacial score (nSPS) is 30.5. The molecular weight excluding hydrogens is 416 g/mol. The van der Waals surface area contributed by atoms with E-state index in [9.17, 15) is 14.7 Å². The molecule has 6 heteroatoms. The lowest BCUT2D eigenvalue weighted by Crippen LogP contribution is -2.22. The third-order valence-corrected chi connectivity index (χ3v) is 5.95. The standard InChI is InChI=1S/C25H29ClO5/c1-17-6-3-2-4-8-19-15-21(16-22(19)23(27)11-13-24(28)30-17)31-25(29)12-10-18-7-5-9-20(26)14-18/h4-5,7-14,17,19,21-23,27H,2-3,6,15-16H2,1H3/b8-4+,12-10+,13-11?/t17-,19+,21-,22+,23+/m0/s1. The van der Waals surface area contributed by atoms with Crippen LogP contribution in [0.4, 0.5) is 0 Å². The van der Waals surface area contributed by atoms with E-state index in [-0.39, 0.29) is 24.0 Å². The highest BCUT2D eigenvalue weighted by molar-refractivity contribution is 6.30. The molecule has 1 N–H and O–H groups in total. The number of cyclic esters (lactones) is 1. The summed E-state index contributed by atoms with van der Waals surface area (Å²) in [5.74, 6) is -0.926. The number of rotatable bonds is 3. The van der Waals surface area contributed by atoms with Crippen LogP contribution in [0.5, 0.6) is 0 Å². The van der Waals surface area contributed by atoms with E-state index >= 15 is 0 Å². The van der Waals surface area contributed by atoms with Crippen LogP contribution in [0.15, 0.2) is 54.6 Å². The Hall–Kier alpha value is -2.37. The molecule has 0 spiro atoms. The average Bonchev–Trinajstić information content (AvgIpc) is 3.12. The Morgan fingerprint density at radius 2 is 2.13 bits per heavy atom. The summed E-state index contributed by atoms with van der Waals surface area (Å²) in [5, 5.41) is 11.3. The predicted octanol–water partition coefficient (Wildman–Crippen LogP) is 4.88. The summed E-state index contributed by atoms with van der Waals surface area (Å²) >= 11 is 5.96. The van der Waals surface area contributed by atoms with Crippen LogP contribution in [-0.4, -0.2) is 35.4 Å². The molecule has 1 fully saturated rings. The molecule has 1 saturated carbocycles. The Balaban J connectivity index is 1.63. The largest absolute Gasteiger partial charge is 0.460 e. The van der Waals surface area contributed by atoms with Gasteiger partial charge in [0.25, 0.3) is 0 Å². The van der Waals surface area contributed by atoms with E-state index in [4.69, 9.17) is 21.1 Å². The minimum absolute atomic E-state index is 0.0727. The maximum atomic E-state index is 12.3. The van der Waals surface area contributed by atoms with Crippen LogP contribution in [0.1, 0.15) is 44.6 Å². The Kier molecular flexibility index (Phi) is 8.50. The number of ether oxygens (including phenoxy) is 2. The highest BCUT2D eigenvalue weighted by Crippen LogP contribution is 2.38. The smallest absolute Gasteiger partial charge is 0.331 e. The van der Waals surface area contributed by atoms with E-state index in [1.807, 2.05) is 19.1 Å². The number of hydrogen-bond acceptors (Lipinski definition) is 5. The van der Waals surface area contributed by atoms with E-state index in [0.717, 1.165) is 24.8 Å². The van der Waals surface area contributed by atoms with Gasteiger partial charge in [0, 0.05) is 17.2 Å². The fourth-order valence-corrected chi connectivity index (χ4v) is 4.35. The average molecular weight is 445 g/mol. The number of carbonyl (C=O) groups excluding carboxylic acids is 2. The monoisotopic (exact) mass is 444 g/mol. The van der Waals surface area contributed by atoms with Crippen molar-refractivity contribution in [2.24, 2.45) is 11.8 Å². The Morgan fingerprint density at radius 1 is 1.29 bits per heavy atom. The summed E-state index contributed by atoms with van der Waals surface area (Å²) in [6, 6.07) is 7.20. The molecule has 1 aromatic rings. The molecule has 2 aliphatic rings. The third-order valence-electron chi connectivity index (χ3n) is 5.71. The SMILES string of the molecule is C[C@H]1CCC/C=C/[C@@H]2C[C@H](OC(=O)/C=C/c3cccc(Cl)c3)C[C@H]2[C@H](O)C=CC(=O)O1. The zero-order valence-corrected chi connectivity index (χ0v) is 18.4. The van der Waals surface area contributed by atoms with Gasteiger partial charge in [0.2, 0.25) is 0 Å². The van der Waals surface area contributed by atoms with E-state index in [2.05, 4.69) is 12.2 Å². The topological polar surface area (TPSA) is 72.8 Å². The molecule has 31 heavy (non-hydrogen) atoms. The number of allylic oxidation sites excluding steroid dienone is 2. The summed E-state index contributed by atoms with van der Waals surface area (Å²) in [7, 11) is 0. The highest BCUT2D eigenvalue weighted by Gasteiger charge is 2.38. The summed E-state index contributed by atoms with van der Waals surface area (Å²) in [4.78, 5) is 24.2. The Bertz CT molecular complexity index is 859. The highest BCUT2D eigenvalue weighted by atomic mass is 35.5. The molecule has 0 unspecified atom stereocenters. The zero-order chi connectivity index (χ0) is 22.2. The molecule has 0 aromatic heterocycles. The molecule has 0 saturated heterocycles. The number of aliphatic hydroxyl groups excluding tert-OH is 1. The predicted molar refractivity (Wildman–Crippen MR) is 120 cm³/mol. The van der Waals surface area contributed by atoms with Crippen molar-refractivity contribution < 1.29 is 24.2 Å². The quantitative estimate of drug-likeness (QED) is 0.408. The van der Waals surface area contributed by atoms with Gasteiger partial charge in [-0.05, 0) is 80.7 Å². The first-order chi connectivity index (χ1) is 14.9. The second-order valence-corrected chi connectivity index (χ2v) is 8.64. The number of esters is 2. The van der Waals surface area contributed by atoms with E-state index < -0.39 is 18.0 Å². The molecule has 0 amide bonds. The van der Waals surface area contributed by atoms with Crippen molar-refractivity contribution in [2.75, 3.05) is 0 Å². The molecule has 5 nitrogen and oxygen atoms in total. The lowest BCUT2D eigenvalue weighted by molar-refractivity contribution is -0.143.